The summed E-state index contributed by atoms with van der Waals surface area (Å²) in [4.78, 5) is 23.5. The monoisotopic (exact) mass is 365 g/mol. The molecule has 0 bridgehead atoms. The van der Waals surface area contributed by atoms with Gasteiger partial charge in [0.05, 0.1) is 13.1 Å². The Labute approximate surface area is 148 Å². The molecule has 26 heavy (non-hydrogen) atoms. The Bertz CT molecular complexity index is 782. The van der Waals surface area contributed by atoms with Crippen LogP contribution in [-0.4, -0.2) is 24.9 Å². The zero-order chi connectivity index (χ0) is 19.1. The number of carbonyl (C=O) groups is 2. The maximum absolute atomic E-state index is 13.2. The summed E-state index contributed by atoms with van der Waals surface area (Å²) in [6.45, 7) is 1.34. The predicted octanol–water partition coefficient (Wildman–Crippen LogP) is 2.51. The van der Waals surface area contributed by atoms with Crippen LogP contribution in [0.25, 0.3) is 0 Å². The van der Waals surface area contributed by atoms with Gasteiger partial charge in [0.15, 0.2) is 11.6 Å². The molecule has 2 aromatic carbocycles. The van der Waals surface area contributed by atoms with E-state index < -0.39 is 29.3 Å². The molecule has 3 N–H and O–H groups in total. The number of nitrogens with one attached hydrogen (secondary N) is 3. The van der Waals surface area contributed by atoms with Crippen LogP contribution in [0.15, 0.2) is 42.5 Å². The van der Waals surface area contributed by atoms with E-state index in [2.05, 4.69) is 16.0 Å². The average molecular weight is 365 g/mol. The van der Waals surface area contributed by atoms with Crippen molar-refractivity contribution in [3.63, 3.8) is 0 Å². The number of rotatable bonds is 7. The van der Waals surface area contributed by atoms with Gasteiger partial charge < -0.3 is 16.0 Å². The van der Waals surface area contributed by atoms with E-state index in [-0.39, 0.29) is 19.1 Å². The maximum Gasteiger partial charge on any atom is 0.243 e. The van der Waals surface area contributed by atoms with Crippen molar-refractivity contribution in [2.75, 3.05) is 18.4 Å². The van der Waals surface area contributed by atoms with E-state index in [0.29, 0.717) is 11.3 Å². The lowest BCUT2D eigenvalue weighted by atomic mass is 10.1. The number of carbonyl (C=O) groups excluding carboxylic acids is 2. The van der Waals surface area contributed by atoms with Crippen molar-refractivity contribution >= 4 is 17.5 Å². The van der Waals surface area contributed by atoms with Gasteiger partial charge in [-0.05, 0) is 48.9 Å². The van der Waals surface area contributed by atoms with Gasteiger partial charge in [0.25, 0.3) is 0 Å². The molecule has 0 aliphatic carbocycles. The third-order valence-electron chi connectivity index (χ3n) is 3.59. The molecule has 0 fully saturated rings. The predicted molar refractivity (Wildman–Crippen MR) is 90.8 cm³/mol. The quantitative estimate of drug-likeness (QED) is 0.706. The standard InChI is InChI=1S/C18H18F3N3O2/c1-11(12-2-7-15(20)16(21)8-12)22-9-17(25)23-10-18(26)24-14-5-3-13(19)4-6-14/h2-8,11,22H,9-10H2,1H3,(H,23,25)(H,24,26)/t11-/m1/s1. The Balaban J connectivity index is 1.73. The highest BCUT2D eigenvalue weighted by atomic mass is 19.2. The van der Waals surface area contributed by atoms with Gasteiger partial charge in [-0.2, -0.15) is 0 Å². The largest absolute Gasteiger partial charge is 0.346 e. The van der Waals surface area contributed by atoms with Crippen LogP contribution in [0.1, 0.15) is 18.5 Å². The lowest BCUT2D eigenvalue weighted by Crippen LogP contribution is -2.39. The maximum atomic E-state index is 13.2. The molecule has 2 rings (SSSR count). The van der Waals surface area contributed by atoms with E-state index in [1.54, 1.807) is 6.92 Å². The first-order valence-corrected chi connectivity index (χ1v) is 7.85. The second-order valence-electron chi connectivity index (χ2n) is 5.61. The fourth-order valence-corrected chi connectivity index (χ4v) is 2.13. The lowest BCUT2D eigenvalue weighted by molar-refractivity contribution is -0.123. The normalized spacial score (nSPS) is 11.7. The highest BCUT2D eigenvalue weighted by Crippen LogP contribution is 2.15. The van der Waals surface area contributed by atoms with Crippen LogP contribution in [0.5, 0.6) is 0 Å². The minimum Gasteiger partial charge on any atom is -0.346 e. The Morgan fingerprint density at radius 1 is 0.923 bits per heavy atom. The smallest absolute Gasteiger partial charge is 0.243 e. The zero-order valence-corrected chi connectivity index (χ0v) is 14.0. The van der Waals surface area contributed by atoms with E-state index >= 15 is 0 Å². The molecular weight excluding hydrogens is 347 g/mol. The average Bonchev–Trinajstić information content (AvgIpc) is 2.62. The highest BCUT2D eigenvalue weighted by molar-refractivity contribution is 5.94. The summed E-state index contributed by atoms with van der Waals surface area (Å²) in [6.07, 6.45) is 0. The Kier molecular flexibility index (Phi) is 6.74. The van der Waals surface area contributed by atoms with Crippen LogP contribution in [0.2, 0.25) is 0 Å². The highest BCUT2D eigenvalue weighted by Gasteiger charge is 2.11. The molecule has 0 unspecified atom stereocenters. The molecule has 2 aromatic rings. The van der Waals surface area contributed by atoms with Gasteiger partial charge in [-0.1, -0.05) is 6.07 Å². The number of hydrogen-bond donors (Lipinski definition) is 3. The third-order valence-corrected chi connectivity index (χ3v) is 3.59. The van der Waals surface area contributed by atoms with Crippen molar-refractivity contribution in [1.29, 1.82) is 0 Å². The minimum absolute atomic E-state index is 0.107. The number of amides is 2. The Hall–Kier alpha value is -2.87. The lowest BCUT2D eigenvalue weighted by Gasteiger charge is -2.14. The molecule has 8 heteroatoms. The van der Waals surface area contributed by atoms with Crippen molar-refractivity contribution in [2.45, 2.75) is 13.0 Å². The molecule has 138 valence electrons. The van der Waals surface area contributed by atoms with Crippen molar-refractivity contribution < 1.29 is 22.8 Å². The van der Waals surface area contributed by atoms with Gasteiger partial charge in [-0.15, -0.1) is 0 Å². The van der Waals surface area contributed by atoms with E-state index in [1.165, 1.54) is 30.3 Å². The van der Waals surface area contributed by atoms with Crippen LogP contribution >= 0.6 is 0 Å². The molecule has 0 aromatic heterocycles. The number of benzene rings is 2. The fourth-order valence-electron chi connectivity index (χ4n) is 2.13. The van der Waals surface area contributed by atoms with Crippen molar-refractivity contribution in [1.82, 2.24) is 10.6 Å². The number of halogens is 3. The fraction of sp³-hybridized carbons (Fsp3) is 0.222. The zero-order valence-electron chi connectivity index (χ0n) is 14.0. The van der Waals surface area contributed by atoms with Crippen LogP contribution in [0.4, 0.5) is 18.9 Å². The molecule has 5 nitrogen and oxygen atoms in total. The molecule has 0 heterocycles. The third kappa shape index (κ3) is 5.89. The van der Waals surface area contributed by atoms with E-state index in [9.17, 15) is 22.8 Å². The SMILES string of the molecule is C[C@@H](NCC(=O)NCC(=O)Nc1ccc(F)cc1)c1ccc(F)c(F)c1. The number of anilines is 1. The van der Waals surface area contributed by atoms with Gasteiger partial charge in [0.2, 0.25) is 11.8 Å². The first-order valence-electron chi connectivity index (χ1n) is 7.85. The van der Waals surface area contributed by atoms with Crippen LogP contribution in [0.3, 0.4) is 0 Å². The molecule has 0 radical (unpaired) electrons. The molecule has 0 aliphatic rings. The summed E-state index contributed by atoms with van der Waals surface area (Å²) in [7, 11) is 0. The second kappa shape index (κ2) is 9.00. The molecule has 1 atom stereocenters. The first-order chi connectivity index (χ1) is 12.3. The van der Waals surface area contributed by atoms with Gasteiger partial charge in [-0.3, -0.25) is 9.59 Å². The molecule has 2 amide bonds. The van der Waals surface area contributed by atoms with Gasteiger partial charge in [-0.25, -0.2) is 13.2 Å². The topological polar surface area (TPSA) is 70.2 Å². The van der Waals surface area contributed by atoms with Gasteiger partial charge >= 0.3 is 0 Å². The first kappa shape index (κ1) is 19.5. The molecule has 0 saturated carbocycles. The van der Waals surface area contributed by atoms with Gasteiger partial charge in [0, 0.05) is 11.7 Å². The Morgan fingerprint density at radius 2 is 1.62 bits per heavy atom. The molecule has 0 saturated heterocycles. The van der Waals surface area contributed by atoms with Crippen molar-refractivity contribution in [3.8, 4) is 0 Å². The summed E-state index contributed by atoms with van der Waals surface area (Å²) in [5.74, 6) is -3.21. The molecule has 0 spiro atoms. The molecule has 0 aliphatic heterocycles. The van der Waals surface area contributed by atoms with Crippen LogP contribution in [0, 0.1) is 17.5 Å². The van der Waals surface area contributed by atoms with Crippen LogP contribution in [-0.2, 0) is 9.59 Å². The molecular formula is C18H18F3N3O2. The summed E-state index contributed by atoms with van der Waals surface area (Å²) < 4.78 is 38.9. The van der Waals surface area contributed by atoms with E-state index in [0.717, 1.165) is 12.1 Å². The van der Waals surface area contributed by atoms with Crippen molar-refractivity contribution in [2.24, 2.45) is 0 Å². The van der Waals surface area contributed by atoms with E-state index in [4.69, 9.17) is 0 Å². The summed E-state index contributed by atoms with van der Waals surface area (Å²) in [5.41, 5.74) is 0.904. The van der Waals surface area contributed by atoms with E-state index in [1.807, 2.05) is 0 Å². The summed E-state index contributed by atoms with van der Waals surface area (Å²) in [5, 5.41) is 7.78. The number of hydrogen-bond acceptors (Lipinski definition) is 3. The second-order valence-corrected chi connectivity index (χ2v) is 5.61. The minimum atomic E-state index is -0.960. The van der Waals surface area contributed by atoms with Crippen LogP contribution < -0.4 is 16.0 Å². The van der Waals surface area contributed by atoms with Gasteiger partial charge in [0.1, 0.15) is 5.82 Å². The van der Waals surface area contributed by atoms with Crippen molar-refractivity contribution in [3.05, 3.63) is 65.5 Å². The summed E-state index contributed by atoms with van der Waals surface area (Å²) >= 11 is 0. The summed E-state index contributed by atoms with van der Waals surface area (Å²) in [6, 6.07) is 8.33. The Morgan fingerprint density at radius 3 is 2.27 bits per heavy atom.